The highest BCUT2D eigenvalue weighted by Crippen LogP contribution is 2.40. The third-order valence-electron chi connectivity index (χ3n) is 4.22. The van der Waals surface area contributed by atoms with Crippen molar-refractivity contribution in [1.82, 2.24) is 5.32 Å². The molecule has 0 saturated carbocycles. The second-order valence-corrected chi connectivity index (χ2v) is 5.43. The summed E-state index contributed by atoms with van der Waals surface area (Å²) in [4.78, 5) is 11.9. The Balaban J connectivity index is 2.37. The molecular formula is C12H21NO8. The van der Waals surface area contributed by atoms with Gasteiger partial charge in [-0.25, -0.2) is 0 Å². The van der Waals surface area contributed by atoms with E-state index in [1.165, 1.54) is 0 Å². The maximum Gasteiger partial charge on any atom is 0.326 e. The van der Waals surface area contributed by atoms with E-state index < -0.39 is 54.7 Å². The summed E-state index contributed by atoms with van der Waals surface area (Å²) in [6.45, 7) is -0.905. The number of methoxy groups -OCH3 is 1. The Morgan fingerprint density at radius 3 is 2.48 bits per heavy atom. The molecule has 2 heterocycles. The summed E-state index contributed by atoms with van der Waals surface area (Å²) in [5.41, 5.74) is -1.59. The number of carbonyl (C=O) groups is 1. The van der Waals surface area contributed by atoms with Crippen LogP contribution in [0.5, 0.6) is 0 Å². The lowest BCUT2D eigenvalue weighted by molar-refractivity contribution is -0.276. The van der Waals surface area contributed by atoms with Crippen LogP contribution in [-0.2, 0) is 14.3 Å². The van der Waals surface area contributed by atoms with E-state index in [4.69, 9.17) is 4.74 Å². The monoisotopic (exact) mass is 307 g/mol. The molecule has 0 aromatic carbocycles. The fourth-order valence-electron chi connectivity index (χ4n) is 3.11. The van der Waals surface area contributed by atoms with Gasteiger partial charge in [0.1, 0.15) is 36.1 Å². The van der Waals surface area contributed by atoms with Crippen LogP contribution in [0.25, 0.3) is 0 Å². The molecule has 1 spiro atoms. The molecule has 9 heteroatoms. The van der Waals surface area contributed by atoms with Gasteiger partial charge in [-0.1, -0.05) is 0 Å². The van der Waals surface area contributed by atoms with Gasteiger partial charge in [0.05, 0.1) is 20.3 Å². The number of carbonyl (C=O) groups excluding carboxylic acids is 1. The summed E-state index contributed by atoms with van der Waals surface area (Å²) in [6, 6.07) is -1.68. The van der Waals surface area contributed by atoms with Gasteiger partial charge in [0.25, 0.3) is 0 Å². The van der Waals surface area contributed by atoms with E-state index in [2.05, 4.69) is 10.1 Å². The van der Waals surface area contributed by atoms with Crippen LogP contribution in [-0.4, -0.2) is 93.9 Å². The quantitative estimate of drug-likeness (QED) is 0.288. The van der Waals surface area contributed by atoms with Crippen LogP contribution in [0.15, 0.2) is 0 Å². The highest BCUT2D eigenvalue weighted by molar-refractivity contribution is 5.78. The first-order valence-corrected chi connectivity index (χ1v) is 6.69. The first kappa shape index (κ1) is 16.6. The molecule has 122 valence electrons. The molecule has 0 radical (unpaired) electrons. The first-order chi connectivity index (χ1) is 9.91. The van der Waals surface area contributed by atoms with Crippen molar-refractivity contribution >= 4 is 5.97 Å². The van der Waals surface area contributed by atoms with Gasteiger partial charge in [0, 0.05) is 6.04 Å². The Morgan fingerprint density at radius 1 is 1.29 bits per heavy atom. The molecule has 6 N–H and O–H groups in total. The molecule has 3 unspecified atom stereocenters. The molecule has 2 rings (SSSR count). The Labute approximate surface area is 121 Å². The number of hydrogen-bond acceptors (Lipinski definition) is 9. The average molecular weight is 307 g/mol. The van der Waals surface area contributed by atoms with Gasteiger partial charge in [0.15, 0.2) is 0 Å². The fourth-order valence-corrected chi connectivity index (χ4v) is 3.11. The van der Waals surface area contributed by atoms with E-state index >= 15 is 0 Å². The molecule has 0 aliphatic carbocycles. The average Bonchev–Trinajstić information content (AvgIpc) is 2.88. The van der Waals surface area contributed by atoms with Gasteiger partial charge in [-0.05, 0) is 6.42 Å². The maximum absolute atomic E-state index is 11.9. The number of esters is 1. The predicted octanol–water partition coefficient (Wildman–Crippen LogP) is -3.91. The molecule has 0 amide bonds. The topological polar surface area (TPSA) is 149 Å². The van der Waals surface area contributed by atoms with Crippen LogP contribution >= 0.6 is 0 Å². The molecule has 0 aromatic rings. The van der Waals surface area contributed by atoms with E-state index in [9.17, 15) is 30.3 Å². The van der Waals surface area contributed by atoms with Crippen molar-refractivity contribution in [3.05, 3.63) is 0 Å². The van der Waals surface area contributed by atoms with Crippen LogP contribution in [0.2, 0.25) is 0 Å². The summed E-state index contributed by atoms with van der Waals surface area (Å²) >= 11 is 0. The van der Waals surface area contributed by atoms with E-state index in [1.807, 2.05) is 0 Å². The molecule has 0 aromatic heterocycles. The summed E-state index contributed by atoms with van der Waals surface area (Å²) in [5.74, 6) is -0.731. The van der Waals surface area contributed by atoms with Gasteiger partial charge >= 0.3 is 5.97 Å². The molecular weight excluding hydrogens is 286 g/mol. The Kier molecular flexibility index (Phi) is 4.83. The smallest absolute Gasteiger partial charge is 0.326 e. The standard InChI is InChI=1S/C12H21NO8/c1-20-11(19)9-12(2-5(3-14)13-9)10(18)8(17)7(16)6(4-15)21-12/h5-10,13-18H,2-4H2,1H3/t5-,6?,7-,8?,9-,10?,12+/m1/s1. The van der Waals surface area contributed by atoms with Crippen LogP contribution < -0.4 is 5.32 Å². The van der Waals surface area contributed by atoms with Crippen molar-refractivity contribution in [3.63, 3.8) is 0 Å². The molecule has 2 aliphatic heterocycles. The SMILES string of the molecule is COC(=O)[C@H]1N[C@@H](CO)C[C@]12OC(CO)[C@@H](O)C(O)C2O. The summed E-state index contributed by atoms with van der Waals surface area (Å²) in [5, 5.41) is 51.3. The zero-order valence-corrected chi connectivity index (χ0v) is 11.5. The molecule has 7 atom stereocenters. The molecule has 2 aliphatic rings. The fraction of sp³-hybridized carbons (Fsp3) is 0.917. The minimum Gasteiger partial charge on any atom is -0.468 e. The molecule has 2 fully saturated rings. The van der Waals surface area contributed by atoms with E-state index in [0.29, 0.717) is 0 Å². The summed E-state index contributed by atoms with van der Waals surface area (Å²) in [6.07, 6.45) is -5.80. The predicted molar refractivity (Wildman–Crippen MR) is 67.1 cm³/mol. The van der Waals surface area contributed by atoms with Gasteiger partial charge in [-0.2, -0.15) is 0 Å². The third kappa shape index (κ3) is 2.55. The second-order valence-electron chi connectivity index (χ2n) is 5.43. The third-order valence-corrected chi connectivity index (χ3v) is 4.22. The van der Waals surface area contributed by atoms with Crippen molar-refractivity contribution in [2.24, 2.45) is 0 Å². The van der Waals surface area contributed by atoms with Crippen LogP contribution in [0, 0.1) is 0 Å². The van der Waals surface area contributed by atoms with Gasteiger partial charge < -0.3 is 35.0 Å². The zero-order chi connectivity index (χ0) is 15.8. The number of nitrogens with one attached hydrogen (secondary N) is 1. The molecule has 2 saturated heterocycles. The largest absolute Gasteiger partial charge is 0.468 e. The van der Waals surface area contributed by atoms with Crippen molar-refractivity contribution in [2.75, 3.05) is 20.3 Å². The van der Waals surface area contributed by atoms with Gasteiger partial charge in [0.2, 0.25) is 0 Å². The number of aliphatic hydroxyl groups excluding tert-OH is 5. The minimum atomic E-state index is -1.60. The van der Waals surface area contributed by atoms with Crippen molar-refractivity contribution in [3.8, 4) is 0 Å². The molecule has 9 nitrogen and oxygen atoms in total. The zero-order valence-electron chi connectivity index (χ0n) is 11.5. The van der Waals surface area contributed by atoms with E-state index in [-0.39, 0.29) is 13.0 Å². The summed E-state index contributed by atoms with van der Waals surface area (Å²) in [7, 11) is 1.16. The highest BCUT2D eigenvalue weighted by atomic mass is 16.6. The van der Waals surface area contributed by atoms with Crippen molar-refractivity contribution in [1.29, 1.82) is 0 Å². The summed E-state index contributed by atoms with van der Waals surface area (Å²) < 4.78 is 10.2. The lowest BCUT2D eigenvalue weighted by atomic mass is 9.79. The maximum atomic E-state index is 11.9. The van der Waals surface area contributed by atoms with E-state index in [1.54, 1.807) is 0 Å². The van der Waals surface area contributed by atoms with Crippen LogP contribution in [0.3, 0.4) is 0 Å². The van der Waals surface area contributed by atoms with Gasteiger partial charge in [-0.3, -0.25) is 10.1 Å². The Bertz CT molecular complexity index is 391. The number of ether oxygens (including phenoxy) is 2. The Morgan fingerprint density at radius 2 is 1.95 bits per heavy atom. The number of aliphatic hydroxyl groups is 5. The number of rotatable bonds is 3. The minimum absolute atomic E-state index is 0.0186. The van der Waals surface area contributed by atoms with Crippen molar-refractivity contribution < 1.29 is 39.8 Å². The second kappa shape index (κ2) is 6.13. The lowest BCUT2D eigenvalue weighted by Crippen LogP contribution is -2.70. The van der Waals surface area contributed by atoms with Crippen LogP contribution in [0.4, 0.5) is 0 Å². The highest BCUT2D eigenvalue weighted by Gasteiger charge is 2.63. The van der Waals surface area contributed by atoms with E-state index in [0.717, 1.165) is 7.11 Å². The molecule has 0 bridgehead atoms. The first-order valence-electron chi connectivity index (χ1n) is 6.69. The Hall–Kier alpha value is -0.810. The molecule has 21 heavy (non-hydrogen) atoms. The van der Waals surface area contributed by atoms with Crippen molar-refractivity contribution in [2.45, 2.75) is 48.5 Å². The lowest BCUT2D eigenvalue weighted by Gasteiger charge is -2.48. The van der Waals surface area contributed by atoms with Crippen LogP contribution in [0.1, 0.15) is 6.42 Å². The number of hydrogen-bond donors (Lipinski definition) is 6. The van der Waals surface area contributed by atoms with Gasteiger partial charge in [-0.15, -0.1) is 0 Å². The normalized spacial score (nSPS) is 46.8.